The Hall–Kier alpha value is -3.48. The van der Waals surface area contributed by atoms with E-state index in [-0.39, 0.29) is 24.6 Å². The van der Waals surface area contributed by atoms with Crippen molar-refractivity contribution in [2.24, 2.45) is 5.41 Å². The maximum Gasteiger partial charge on any atom is 0.459 e. The second-order valence-corrected chi connectivity index (χ2v) is 13.7. The van der Waals surface area contributed by atoms with Crippen LogP contribution in [0.15, 0.2) is 36.8 Å². The summed E-state index contributed by atoms with van der Waals surface area (Å²) in [7, 11) is 1.76. The van der Waals surface area contributed by atoms with Gasteiger partial charge in [-0.25, -0.2) is 14.4 Å². The number of hydrogen-bond donors (Lipinski definition) is 0. The molecule has 6 fully saturated rings. The summed E-state index contributed by atoms with van der Waals surface area (Å²) in [5.74, 6) is 1.53. The predicted molar refractivity (Wildman–Crippen MR) is 166 cm³/mol. The first kappa shape index (κ1) is 30.8. The summed E-state index contributed by atoms with van der Waals surface area (Å²) in [5, 5.41) is 14.2. The number of rotatable bonds is 8. The molecule has 0 saturated carbocycles. The first-order chi connectivity index (χ1) is 22.7. The number of hydrogen-bond acceptors (Lipinski definition) is 10. The van der Waals surface area contributed by atoms with Crippen molar-refractivity contribution in [2.45, 2.75) is 49.8 Å². The first-order valence-electron chi connectivity index (χ1n) is 16.4. The molecule has 0 radical (unpaired) electrons. The van der Waals surface area contributed by atoms with E-state index >= 15 is 0 Å². The van der Waals surface area contributed by atoms with E-state index in [1.165, 1.54) is 6.42 Å². The van der Waals surface area contributed by atoms with E-state index in [1.807, 2.05) is 24.4 Å². The molecule has 2 bridgehead atoms. The Morgan fingerprint density at radius 3 is 2.66 bits per heavy atom. The number of anilines is 1. The third-order valence-corrected chi connectivity index (χ3v) is 11.0. The molecule has 9 rings (SSSR count). The number of likely N-dealkylation sites (tertiary alicyclic amines) is 2. The molecule has 14 heteroatoms. The molecule has 6 saturated heterocycles. The van der Waals surface area contributed by atoms with Crippen molar-refractivity contribution in [3.8, 4) is 22.9 Å². The van der Waals surface area contributed by atoms with Crippen molar-refractivity contribution in [2.75, 3.05) is 77.6 Å². The summed E-state index contributed by atoms with van der Waals surface area (Å²) in [6, 6.07) is 9.47. The van der Waals surface area contributed by atoms with E-state index in [2.05, 4.69) is 25.9 Å². The Morgan fingerprint density at radius 1 is 1.11 bits per heavy atom. The summed E-state index contributed by atoms with van der Waals surface area (Å²) >= 11 is 0. The molecule has 0 aromatic carbocycles. The summed E-state index contributed by atoms with van der Waals surface area (Å²) in [5.41, 5.74) is 2.51. The fraction of sp³-hybridized carbons (Fsp3) is 0.606. The summed E-state index contributed by atoms with van der Waals surface area (Å²) in [6.45, 7) is 5.75. The monoisotopic (exact) mass is 652 g/mol. The molecule has 5 atom stereocenters. The van der Waals surface area contributed by atoms with Gasteiger partial charge in [0.25, 0.3) is 0 Å². The van der Waals surface area contributed by atoms with Crippen molar-refractivity contribution in [1.82, 2.24) is 29.3 Å². The number of nitriles is 1. The Labute approximate surface area is 271 Å². The topological polar surface area (TPSA) is 94.6 Å². The van der Waals surface area contributed by atoms with Crippen LogP contribution in [0.3, 0.4) is 0 Å². The number of aromatic nitrogens is 3. The SMILES string of the molecule is COC1COCC1N1C2CC1CN(c1ccc(-c3cc(OCCN4CCC5(CCN(C(F)(F)F)C5)C4)cn4ncc(C#N)c34)cn1)C2. The standard InChI is InChI=1S/C33H39F3N8O3/c1-45-29-19-46-18-28(29)44-24-10-25(44)16-41(15-24)30-3-2-22(13-38-30)27-11-26(17-43-31(27)23(12-37)14-39-43)47-9-8-40-6-4-32(20-40)5-7-42(21-32)33(34,35)36/h2-3,11,13-14,17,24-25,28-29H,4-10,15-16,18-21H2,1H3. The number of pyridine rings is 2. The largest absolute Gasteiger partial charge is 0.491 e. The van der Waals surface area contributed by atoms with Crippen LogP contribution in [0.1, 0.15) is 24.8 Å². The van der Waals surface area contributed by atoms with Gasteiger partial charge in [0, 0.05) is 75.8 Å². The lowest BCUT2D eigenvalue weighted by Crippen LogP contribution is -2.72. The van der Waals surface area contributed by atoms with Crippen LogP contribution in [0.2, 0.25) is 0 Å². The lowest BCUT2D eigenvalue weighted by molar-refractivity contribution is -0.240. The van der Waals surface area contributed by atoms with Crippen molar-refractivity contribution in [3.05, 3.63) is 42.4 Å². The minimum Gasteiger partial charge on any atom is -0.491 e. The number of ether oxygens (including phenoxy) is 3. The number of piperazine rings is 1. The zero-order valence-electron chi connectivity index (χ0n) is 26.4. The molecular weight excluding hydrogens is 613 g/mol. The van der Waals surface area contributed by atoms with Gasteiger partial charge in [-0.1, -0.05) is 0 Å². The fourth-order valence-electron chi connectivity index (χ4n) is 8.60. The van der Waals surface area contributed by atoms with Crippen LogP contribution >= 0.6 is 0 Å². The molecule has 6 aliphatic rings. The number of fused-ring (bicyclic) bond motifs is 3. The molecule has 47 heavy (non-hydrogen) atoms. The predicted octanol–water partition coefficient (Wildman–Crippen LogP) is 3.24. The third kappa shape index (κ3) is 5.61. The molecule has 0 amide bonds. The number of alkyl halides is 3. The molecule has 5 unspecified atom stereocenters. The molecule has 3 aromatic rings. The smallest absolute Gasteiger partial charge is 0.459 e. The first-order valence-corrected chi connectivity index (χ1v) is 16.4. The van der Waals surface area contributed by atoms with E-state index in [1.54, 1.807) is 24.0 Å². The minimum atomic E-state index is -4.26. The van der Waals surface area contributed by atoms with Crippen molar-refractivity contribution >= 4 is 11.3 Å². The highest BCUT2D eigenvalue weighted by atomic mass is 19.4. The van der Waals surface area contributed by atoms with E-state index in [0.717, 1.165) is 49.6 Å². The van der Waals surface area contributed by atoms with Gasteiger partial charge in [0.05, 0.1) is 48.8 Å². The van der Waals surface area contributed by atoms with Crippen molar-refractivity contribution in [1.29, 1.82) is 5.26 Å². The molecule has 250 valence electrons. The van der Waals surface area contributed by atoms with E-state index in [0.29, 0.717) is 72.6 Å². The lowest BCUT2D eigenvalue weighted by atomic mass is 9.84. The lowest BCUT2D eigenvalue weighted by Gasteiger charge is -2.59. The molecule has 0 N–H and O–H groups in total. The average Bonchev–Trinajstić information content (AvgIpc) is 3.88. The highest BCUT2D eigenvalue weighted by Gasteiger charge is 2.52. The van der Waals surface area contributed by atoms with Crippen LogP contribution in [0.4, 0.5) is 19.0 Å². The zero-order valence-corrected chi connectivity index (χ0v) is 26.4. The Morgan fingerprint density at radius 2 is 1.94 bits per heavy atom. The summed E-state index contributed by atoms with van der Waals surface area (Å²) < 4.78 is 58.9. The van der Waals surface area contributed by atoms with E-state index < -0.39 is 6.30 Å². The van der Waals surface area contributed by atoms with Gasteiger partial charge in [-0.3, -0.25) is 9.80 Å². The van der Waals surface area contributed by atoms with Gasteiger partial charge in [-0.15, -0.1) is 0 Å². The van der Waals surface area contributed by atoms with Crippen LogP contribution < -0.4 is 9.64 Å². The van der Waals surface area contributed by atoms with E-state index in [9.17, 15) is 18.4 Å². The third-order valence-electron chi connectivity index (χ3n) is 11.0. The molecular formula is C33H39F3N8O3. The van der Waals surface area contributed by atoms with Gasteiger partial charge >= 0.3 is 6.30 Å². The minimum absolute atomic E-state index is 0.0727. The van der Waals surface area contributed by atoms with Crippen LogP contribution in [-0.4, -0.2) is 133 Å². The highest BCUT2D eigenvalue weighted by Crippen LogP contribution is 2.43. The number of methoxy groups -OCH3 is 1. The van der Waals surface area contributed by atoms with Gasteiger partial charge in [0.1, 0.15) is 24.2 Å². The number of piperidine rings is 1. The quantitative estimate of drug-likeness (QED) is 0.338. The maximum atomic E-state index is 13.2. The normalized spacial score (nSPS) is 30.0. The van der Waals surface area contributed by atoms with Crippen molar-refractivity contribution in [3.63, 3.8) is 0 Å². The van der Waals surface area contributed by atoms with Gasteiger partial charge in [-0.2, -0.15) is 23.5 Å². The fourth-order valence-corrected chi connectivity index (χ4v) is 8.60. The van der Waals surface area contributed by atoms with Crippen LogP contribution in [0, 0.1) is 16.7 Å². The zero-order chi connectivity index (χ0) is 32.3. The second kappa shape index (κ2) is 11.9. The molecule has 6 aliphatic heterocycles. The average molecular weight is 653 g/mol. The molecule has 9 heterocycles. The molecule has 0 aliphatic carbocycles. The Kier molecular flexibility index (Phi) is 7.80. The summed E-state index contributed by atoms with van der Waals surface area (Å²) in [6.07, 6.45) is 3.54. The van der Waals surface area contributed by atoms with E-state index in [4.69, 9.17) is 19.2 Å². The Balaban J connectivity index is 0.935. The van der Waals surface area contributed by atoms with Gasteiger partial charge in [0.2, 0.25) is 0 Å². The number of nitrogens with zero attached hydrogens (tertiary/aromatic N) is 8. The maximum absolute atomic E-state index is 13.2. The number of halogens is 3. The second-order valence-electron chi connectivity index (χ2n) is 13.7. The van der Waals surface area contributed by atoms with Crippen LogP contribution in [0.25, 0.3) is 16.6 Å². The van der Waals surface area contributed by atoms with Gasteiger partial charge in [-0.05, 0) is 49.4 Å². The molecule has 3 aromatic heterocycles. The molecule has 11 nitrogen and oxygen atoms in total. The van der Waals surface area contributed by atoms with Gasteiger partial charge < -0.3 is 19.1 Å². The highest BCUT2D eigenvalue weighted by molar-refractivity contribution is 5.85. The van der Waals surface area contributed by atoms with Crippen molar-refractivity contribution < 1.29 is 27.4 Å². The van der Waals surface area contributed by atoms with Crippen LogP contribution in [0.5, 0.6) is 5.75 Å². The Bertz CT molecular complexity index is 1650. The van der Waals surface area contributed by atoms with Crippen LogP contribution in [-0.2, 0) is 9.47 Å². The molecule has 1 spiro atoms. The van der Waals surface area contributed by atoms with Gasteiger partial charge in [0.15, 0.2) is 0 Å². The summed E-state index contributed by atoms with van der Waals surface area (Å²) in [4.78, 5) is 12.6.